The standard InChI is InChI=1S/C17H24N2O7S/c1-10(2)14(19-16(21)13-5-4-7-25-13)17(22)26-11(3)15(20)18-12-6-8-27(23,24)9-12/h4-5,7,10-12,14H,6,8-9H2,1-3H3,(H,18,20)(H,19,21)/t11-,12+,14-/m0/s1. The lowest BCUT2D eigenvalue weighted by molar-refractivity contribution is -0.157. The third-order valence-electron chi connectivity index (χ3n) is 4.19. The van der Waals surface area contributed by atoms with Gasteiger partial charge in [0.25, 0.3) is 11.8 Å². The molecule has 27 heavy (non-hydrogen) atoms. The first kappa shape index (κ1) is 20.9. The summed E-state index contributed by atoms with van der Waals surface area (Å²) in [4.78, 5) is 36.6. The first-order chi connectivity index (χ1) is 12.6. The maximum absolute atomic E-state index is 12.4. The third kappa shape index (κ3) is 5.81. The molecule has 2 heterocycles. The van der Waals surface area contributed by atoms with Crippen LogP contribution in [0.15, 0.2) is 22.8 Å². The molecule has 10 heteroatoms. The number of nitrogens with one attached hydrogen (secondary N) is 2. The minimum Gasteiger partial charge on any atom is -0.459 e. The van der Waals surface area contributed by atoms with Crippen molar-refractivity contribution in [1.82, 2.24) is 10.6 Å². The molecule has 0 radical (unpaired) electrons. The van der Waals surface area contributed by atoms with E-state index in [0.29, 0.717) is 6.42 Å². The van der Waals surface area contributed by atoms with Gasteiger partial charge < -0.3 is 19.8 Å². The Bertz CT molecular complexity index is 786. The van der Waals surface area contributed by atoms with Crippen molar-refractivity contribution in [3.63, 3.8) is 0 Å². The van der Waals surface area contributed by atoms with Gasteiger partial charge in [-0.2, -0.15) is 0 Å². The number of carbonyl (C=O) groups is 3. The number of carbonyl (C=O) groups excluding carboxylic acids is 3. The molecule has 2 rings (SSSR count). The molecule has 2 N–H and O–H groups in total. The summed E-state index contributed by atoms with van der Waals surface area (Å²) < 4.78 is 33.1. The van der Waals surface area contributed by atoms with Crippen LogP contribution >= 0.6 is 0 Å². The normalized spacial score (nSPS) is 20.7. The maximum Gasteiger partial charge on any atom is 0.329 e. The topological polar surface area (TPSA) is 132 Å². The van der Waals surface area contributed by atoms with E-state index in [1.54, 1.807) is 19.9 Å². The van der Waals surface area contributed by atoms with Crippen molar-refractivity contribution in [2.75, 3.05) is 11.5 Å². The average molecular weight is 400 g/mol. The van der Waals surface area contributed by atoms with E-state index in [9.17, 15) is 22.8 Å². The number of hydrogen-bond donors (Lipinski definition) is 2. The van der Waals surface area contributed by atoms with Crippen molar-refractivity contribution in [3.8, 4) is 0 Å². The van der Waals surface area contributed by atoms with Gasteiger partial charge in [0, 0.05) is 6.04 Å². The third-order valence-corrected chi connectivity index (χ3v) is 5.96. The van der Waals surface area contributed by atoms with Crippen molar-refractivity contribution < 1.29 is 32.0 Å². The first-order valence-corrected chi connectivity index (χ1v) is 10.5. The van der Waals surface area contributed by atoms with Crippen molar-refractivity contribution in [2.24, 2.45) is 5.92 Å². The molecular formula is C17H24N2O7S. The predicted octanol–water partition coefficient (Wildman–Crippen LogP) is 0.269. The molecule has 1 saturated heterocycles. The van der Waals surface area contributed by atoms with E-state index in [1.807, 2.05) is 0 Å². The number of ether oxygens (including phenoxy) is 1. The molecule has 2 amide bonds. The summed E-state index contributed by atoms with van der Waals surface area (Å²) >= 11 is 0. The molecule has 1 aromatic rings. The van der Waals surface area contributed by atoms with E-state index in [2.05, 4.69) is 10.6 Å². The highest BCUT2D eigenvalue weighted by molar-refractivity contribution is 7.91. The van der Waals surface area contributed by atoms with Crippen molar-refractivity contribution in [1.29, 1.82) is 0 Å². The van der Waals surface area contributed by atoms with Crippen LogP contribution in [-0.4, -0.2) is 55.9 Å². The van der Waals surface area contributed by atoms with E-state index in [-0.39, 0.29) is 23.2 Å². The van der Waals surface area contributed by atoms with E-state index in [0.717, 1.165) is 0 Å². The summed E-state index contributed by atoms with van der Waals surface area (Å²) in [6.45, 7) is 4.84. The molecule has 0 bridgehead atoms. The second kappa shape index (κ2) is 8.55. The molecule has 1 aliphatic rings. The zero-order chi connectivity index (χ0) is 20.2. The molecule has 0 unspecified atom stereocenters. The van der Waals surface area contributed by atoms with Gasteiger partial charge in [-0.05, 0) is 31.4 Å². The Kier molecular flexibility index (Phi) is 6.63. The van der Waals surface area contributed by atoms with Crippen LogP contribution in [0.5, 0.6) is 0 Å². The Morgan fingerprint density at radius 2 is 1.96 bits per heavy atom. The van der Waals surface area contributed by atoms with Crippen LogP contribution in [-0.2, 0) is 24.2 Å². The number of sulfone groups is 1. The van der Waals surface area contributed by atoms with Crippen LogP contribution in [0.25, 0.3) is 0 Å². The van der Waals surface area contributed by atoms with Crippen molar-refractivity contribution in [3.05, 3.63) is 24.2 Å². The van der Waals surface area contributed by atoms with Gasteiger partial charge in [-0.3, -0.25) is 9.59 Å². The minimum atomic E-state index is -3.13. The molecule has 0 spiro atoms. The number of furan rings is 1. The van der Waals surface area contributed by atoms with Gasteiger partial charge >= 0.3 is 5.97 Å². The molecule has 0 aromatic carbocycles. The van der Waals surface area contributed by atoms with Gasteiger partial charge in [-0.1, -0.05) is 13.8 Å². The monoisotopic (exact) mass is 400 g/mol. The van der Waals surface area contributed by atoms with Crippen LogP contribution < -0.4 is 10.6 Å². The Morgan fingerprint density at radius 1 is 1.26 bits per heavy atom. The molecule has 1 aliphatic heterocycles. The van der Waals surface area contributed by atoms with Crippen LogP contribution in [0.2, 0.25) is 0 Å². The lowest BCUT2D eigenvalue weighted by atomic mass is 10.0. The summed E-state index contributed by atoms with van der Waals surface area (Å²) in [5.74, 6) is -2.22. The highest BCUT2D eigenvalue weighted by atomic mass is 32.2. The first-order valence-electron chi connectivity index (χ1n) is 8.64. The molecule has 150 valence electrons. The van der Waals surface area contributed by atoms with Gasteiger partial charge in [0.05, 0.1) is 17.8 Å². The lowest BCUT2D eigenvalue weighted by Crippen LogP contribution is -2.48. The summed E-state index contributed by atoms with van der Waals surface area (Å²) in [5, 5.41) is 5.10. The van der Waals surface area contributed by atoms with Crippen LogP contribution in [0.4, 0.5) is 0 Å². The van der Waals surface area contributed by atoms with Crippen molar-refractivity contribution >= 4 is 27.6 Å². The number of esters is 1. The van der Waals surface area contributed by atoms with Gasteiger partial charge in [-0.15, -0.1) is 0 Å². The molecule has 9 nitrogen and oxygen atoms in total. The lowest BCUT2D eigenvalue weighted by Gasteiger charge is -2.23. The Labute approximate surface area is 157 Å². The molecule has 0 aliphatic carbocycles. The van der Waals surface area contributed by atoms with Gasteiger partial charge in [0.2, 0.25) is 0 Å². The molecular weight excluding hydrogens is 376 g/mol. The largest absolute Gasteiger partial charge is 0.459 e. The van der Waals surface area contributed by atoms with E-state index >= 15 is 0 Å². The Balaban J connectivity index is 1.91. The van der Waals surface area contributed by atoms with Crippen molar-refractivity contribution in [2.45, 2.75) is 45.4 Å². The minimum absolute atomic E-state index is 0.0281. The summed E-state index contributed by atoms with van der Waals surface area (Å²) in [6.07, 6.45) is 0.554. The second-order valence-corrected chi connectivity index (χ2v) is 9.09. The zero-order valence-corrected chi connectivity index (χ0v) is 16.2. The number of amides is 2. The fourth-order valence-electron chi connectivity index (χ4n) is 2.65. The Morgan fingerprint density at radius 3 is 2.48 bits per heavy atom. The van der Waals surface area contributed by atoms with Gasteiger partial charge in [0.15, 0.2) is 21.7 Å². The van der Waals surface area contributed by atoms with E-state index < -0.39 is 45.8 Å². The fraction of sp³-hybridized carbons (Fsp3) is 0.588. The van der Waals surface area contributed by atoms with Gasteiger partial charge in [0.1, 0.15) is 6.04 Å². The predicted molar refractivity (Wildman–Crippen MR) is 95.6 cm³/mol. The summed E-state index contributed by atoms with van der Waals surface area (Å²) in [7, 11) is -3.13. The van der Waals surface area contributed by atoms with Crippen LogP contribution in [0.3, 0.4) is 0 Å². The summed E-state index contributed by atoms with van der Waals surface area (Å²) in [5.41, 5.74) is 0. The summed E-state index contributed by atoms with van der Waals surface area (Å²) in [6, 6.07) is 1.56. The van der Waals surface area contributed by atoms with E-state index in [1.165, 1.54) is 19.3 Å². The molecule has 1 aromatic heterocycles. The maximum atomic E-state index is 12.4. The van der Waals surface area contributed by atoms with Crippen LogP contribution in [0, 0.1) is 5.92 Å². The smallest absolute Gasteiger partial charge is 0.329 e. The molecule has 0 saturated carbocycles. The fourth-order valence-corrected chi connectivity index (χ4v) is 4.32. The number of rotatable bonds is 7. The average Bonchev–Trinajstić information content (AvgIpc) is 3.21. The highest BCUT2D eigenvalue weighted by Gasteiger charge is 2.33. The quantitative estimate of drug-likeness (QED) is 0.628. The highest BCUT2D eigenvalue weighted by Crippen LogP contribution is 2.12. The van der Waals surface area contributed by atoms with Crippen LogP contribution in [0.1, 0.15) is 37.7 Å². The molecule has 3 atom stereocenters. The number of hydrogen-bond acceptors (Lipinski definition) is 7. The zero-order valence-electron chi connectivity index (χ0n) is 15.4. The molecule has 1 fully saturated rings. The van der Waals surface area contributed by atoms with Gasteiger partial charge in [-0.25, -0.2) is 13.2 Å². The Hall–Kier alpha value is -2.36. The van der Waals surface area contributed by atoms with E-state index in [4.69, 9.17) is 9.15 Å². The second-order valence-electron chi connectivity index (χ2n) is 6.86. The SMILES string of the molecule is CC(C)[C@H](NC(=O)c1ccco1)C(=O)O[C@@H](C)C(=O)N[C@@H]1CCS(=O)(=O)C1.